The van der Waals surface area contributed by atoms with Crippen LogP contribution in [-0.4, -0.2) is 19.0 Å². The average Bonchev–Trinajstić information content (AvgIpc) is 2.08. The SMILES string of the molecule is CCc1ccc(C)c(CN(C)C)c1. The molecule has 13 heavy (non-hydrogen) atoms. The van der Waals surface area contributed by atoms with Crippen LogP contribution >= 0.6 is 0 Å². The largest absolute Gasteiger partial charge is 0.305 e. The van der Waals surface area contributed by atoms with Gasteiger partial charge in [0.2, 0.25) is 0 Å². The Labute approximate surface area is 81.4 Å². The van der Waals surface area contributed by atoms with Crippen LogP contribution < -0.4 is 0 Å². The van der Waals surface area contributed by atoms with Crippen molar-refractivity contribution >= 4 is 0 Å². The van der Waals surface area contributed by atoms with Gasteiger partial charge in [-0.3, -0.25) is 0 Å². The van der Waals surface area contributed by atoms with E-state index in [2.05, 4.69) is 51.0 Å². The van der Waals surface area contributed by atoms with Gasteiger partial charge >= 0.3 is 0 Å². The van der Waals surface area contributed by atoms with E-state index in [0.29, 0.717) is 0 Å². The number of nitrogens with zero attached hydrogens (tertiary/aromatic N) is 1. The Morgan fingerprint density at radius 2 is 1.92 bits per heavy atom. The highest BCUT2D eigenvalue weighted by Gasteiger charge is 2.00. The summed E-state index contributed by atoms with van der Waals surface area (Å²) in [7, 11) is 4.22. The molecule has 0 heterocycles. The summed E-state index contributed by atoms with van der Waals surface area (Å²) in [4.78, 5) is 2.21. The van der Waals surface area contributed by atoms with Gasteiger partial charge in [-0.1, -0.05) is 25.1 Å². The molecule has 0 saturated heterocycles. The van der Waals surface area contributed by atoms with E-state index in [1.165, 1.54) is 16.7 Å². The molecule has 0 amide bonds. The van der Waals surface area contributed by atoms with Crippen molar-refractivity contribution in [2.24, 2.45) is 0 Å². The average molecular weight is 177 g/mol. The first-order valence-corrected chi connectivity index (χ1v) is 4.86. The van der Waals surface area contributed by atoms with Gasteiger partial charge in [0.05, 0.1) is 0 Å². The van der Waals surface area contributed by atoms with Crippen LogP contribution in [0.2, 0.25) is 0 Å². The Kier molecular flexibility index (Phi) is 3.49. The van der Waals surface area contributed by atoms with Gasteiger partial charge < -0.3 is 4.90 Å². The van der Waals surface area contributed by atoms with E-state index >= 15 is 0 Å². The number of benzene rings is 1. The zero-order chi connectivity index (χ0) is 9.84. The first-order chi connectivity index (χ1) is 6.13. The highest BCUT2D eigenvalue weighted by molar-refractivity contribution is 5.31. The van der Waals surface area contributed by atoms with E-state index < -0.39 is 0 Å². The second-order valence-corrected chi connectivity index (χ2v) is 3.85. The minimum atomic E-state index is 1.04. The molecule has 0 aliphatic carbocycles. The lowest BCUT2D eigenvalue weighted by Gasteiger charge is -2.13. The first kappa shape index (κ1) is 10.3. The Hall–Kier alpha value is -0.820. The summed E-state index contributed by atoms with van der Waals surface area (Å²) in [5, 5.41) is 0. The second kappa shape index (κ2) is 4.43. The topological polar surface area (TPSA) is 3.24 Å². The molecule has 1 aromatic rings. The highest BCUT2D eigenvalue weighted by atomic mass is 15.0. The molecule has 0 fully saturated rings. The van der Waals surface area contributed by atoms with Crippen molar-refractivity contribution in [2.45, 2.75) is 26.8 Å². The fourth-order valence-corrected chi connectivity index (χ4v) is 1.46. The molecule has 0 unspecified atom stereocenters. The van der Waals surface area contributed by atoms with Crippen molar-refractivity contribution in [3.05, 3.63) is 34.9 Å². The maximum Gasteiger partial charge on any atom is 0.0230 e. The third kappa shape index (κ3) is 2.85. The lowest BCUT2D eigenvalue weighted by Crippen LogP contribution is -2.11. The van der Waals surface area contributed by atoms with Gasteiger partial charge in [0, 0.05) is 6.54 Å². The van der Waals surface area contributed by atoms with Crippen LogP contribution in [0.15, 0.2) is 18.2 Å². The molecule has 0 aliphatic rings. The maximum absolute atomic E-state index is 2.31. The van der Waals surface area contributed by atoms with Crippen LogP contribution in [0.3, 0.4) is 0 Å². The molecule has 0 N–H and O–H groups in total. The Morgan fingerprint density at radius 1 is 1.23 bits per heavy atom. The van der Waals surface area contributed by atoms with Crippen LogP contribution in [-0.2, 0) is 13.0 Å². The zero-order valence-electron chi connectivity index (χ0n) is 9.09. The predicted octanol–water partition coefficient (Wildman–Crippen LogP) is 2.62. The van der Waals surface area contributed by atoms with Gasteiger partial charge in [0.1, 0.15) is 0 Å². The van der Waals surface area contributed by atoms with E-state index in [1.54, 1.807) is 0 Å². The molecule has 1 aromatic carbocycles. The maximum atomic E-state index is 2.31. The summed E-state index contributed by atoms with van der Waals surface area (Å²) in [6.07, 6.45) is 1.13. The molecule has 0 spiro atoms. The molecule has 1 nitrogen and oxygen atoms in total. The Morgan fingerprint density at radius 3 is 2.46 bits per heavy atom. The molecule has 1 heteroatoms. The van der Waals surface area contributed by atoms with Crippen molar-refractivity contribution in [3.63, 3.8) is 0 Å². The quantitative estimate of drug-likeness (QED) is 0.686. The van der Waals surface area contributed by atoms with Crippen LogP contribution in [0, 0.1) is 6.92 Å². The molecule has 0 radical (unpaired) electrons. The van der Waals surface area contributed by atoms with Gasteiger partial charge in [-0.05, 0) is 44.1 Å². The summed E-state index contributed by atoms with van der Waals surface area (Å²) < 4.78 is 0. The lowest BCUT2D eigenvalue weighted by molar-refractivity contribution is 0.401. The van der Waals surface area contributed by atoms with Crippen molar-refractivity contribution in [1.82, 2.24) is 4.90 Å². The highest BCUT2D eigenvalue weighted by Crippen LogP contribution is 2.12. The van der Waals surface area contributed by atoms with Gasteiger partial charge in [-0.25, -0.2) is 0 Å². The van der Waals surface area contributed by atoms with Crippen LogP contribution in [0.4, 0.5) is 0 Å². The predicted molar refractivity (Wildman–Crippen MR) is 57.9 cm³/mol. The monoisotopic (exact) mass is 177 g/mol. The fourth-order valence-electron chi connectivity index (χ4n) is 1.46. The molecule has 72 valence electrons. The van der Waals surface area contributed by atoms with Gasteiger partial charge in [-0.2, -0.15) is 0 Å². The molecular weight excluding hydrogens is 158 g/mol. The number of rotatable bonds is 3. The van der Waals surface area contributed by atoms with E-state index in [9.17, 15) is 0 Å². The van der Waals surface area contributed by atoms with Crippen LogP contribution in [0.5, 0.6) is 0 Å². The molecule has 0 aromatic heterocycles. The van der Waals surface area contributed by atoms with Crippen molar-refractivity contribution in [1.29, 1.82) is 0 Å². The lowest BCUT2D eigenvalue weighted by atomic mass is 10.0. The fraction of sp³-hybridized carbons (Fsp3) is 0.500. The van der Waals surface area contributed by atoms with E-state index in [4.69, 9.17) is 0 Å². The first-order valence-electron chi connectivity index (χ1n) is 4.86. The summed E-state index contributed by atoms with van der Waals surface area (Å²) >= 11 is 0. The standard InChI is InChI=1S/C12H19N/c1-5-11-7-6-10(2)12(8-11)9-13(3)4/h6-8H,5,9H2,1-4H3. The number of hydrogen-bond donors (Lipinski definition) is 0. The molecule has 0 saturated carbocycles. The molecule has 0 aliphatic heterocycles. The van der Waals surface area contributed by atoms with Crippen molar-refractivity contribution in [2.75, 3.05) is 14.1 Å². The van der Waals surface area contributed by atoms with Crippen molar-refractivity contribution in [3.8, 4) is 0 Å². The van der Waals surface area contributed by atoms with E-state index in [1.807, 2.05) is 0 Å². The Balaban J connectivity index is 2.90. The Bertz CT molecular complexity index is 276. The van der Waals surface area contributed by atoms with Crippen LogP contribution in [0.1, 0.15) is 23.6 Å². The van der Waals surface area contributed by atoms with Crippen molar-refractivity contribution < 1.29 is 0 Å². The normalized spacial score (nSPS) is 10.8. The van der Waals surface area contributed by atoms with E-state index in [-0.39, 0.29) is 0 Å². The third-order valence-corrected chi connectivity index (χ3v) is 2.31. The zero-order valence-corrected chi connectivity index (χ0v) is 9.09. The van der Waals surface area contributed by atoms with Gasteiger partial charge in [-0.15, -0.1) is 0 Å². The van der Waals surface area contributed by atoms with E-state index in [0.717, 1.165) is 13.0 Å². The minimum Gasteiger partial charge on any atom is -0.305 e. The minimum absolute atomic E-state index is 1.04. The third-order valence-electron chi connectivity index (χ3n) is 2.31. The summed E-state index contributed by atoms with van der Waals surface area (Å²) in [6, 6.07) is 6.75. The molecule has 1 rings (SSSR count). The molecule has 0 atom stereocenters. The summed E-state index contributed by atoms with van der Waals surface area (Å²) in [6.45, 7) is 5.42. The summed E-state index contributed by atoms with van der Waals surface area (Å²) in [5.41, 5.74) is 4.28. The van der Waals surface area contributed by atoms with Gasteiger partial charge in [0.15, 0.2) is 0 Å². The molecular formula is C12H19N. The second-order valence-electron chi connectivity index (χ2n) is 3.85. The summed E-state index contributed by atoms with van der Waals surface area (Å²) in [5.74, 6) is 0. The van der Waals surface area contributed by atoms with Gasteiger partial charge in [0.25, 0.3) is 0 Å². The number of aryl methyl sites for hydroxylation is 2. The smallest absolute Gasteiger partial charge is 0.0230 e. The molecule has 0 bridgehead atoms. The van der Waals surface area contributed by atoms with Crippen LogP contribution in [0.25, 0.3) is 0 Å². The number of hydrogen-bond acceptors (Lipinski definition) is 1.